The highest BCUT2D eigenvalue weighted by Gasteiger charge is 2.37. The number of hydrogen-bond acceptors (Lipinski definition) is 7. The molecule has 0 radical (unpaired) electrons. The van der Waals surface area contributed by atoms with Crippen molar-refractivity contribution in [1.82, 2.24) is 24.9 Å². The van der Waals surface area contributed by atoms with Crippen molar-refractivity contribution in [3.8, 4) is 11.1 Å². The lowest BCUT2D eigenvalue weighted by molar-refractivity contribution is 0.0695. The van der Waals surface area contributed by atoms with Crippen LogP contribution in [0.1, 0.15) is 74.1 Å². The molecule has 2 aliphatic heterocycles. The van der Waals surface area contributed by atoms with Crippen molar-refractivity contribution in [1.29, 1.82) is 0 Å². The Morgan fingerprint density at radius 1 is 1.28 bits per heavy atom. The second-order valence-corrected chi connectivity index (χ2v) is 9.53. The molecule has 168 valence electrons. The Kier molecular flexibility index (Phi) is 4.79. The van der Waals surface area contributed by atoms with Crippen LogP contribution in [0.25, 0.3) is 16.8 Å². The third-order valence-corrected chi connectivity index (χ3v) is 6.65. The van der Waals surface area contributed by atoms with E-state index in [9.17, 15) is 14.3 Å². The summed E-state index contributed by atoms with van der Waals surface area (Å²) >= 11 is 0. The van der Waals surface area contributed by atoms with E-state index < -0.39 is 11.4 Å². The Hall–Kier alpha value is -2.91. The maximum Gasteiger partial charge on any atom is 0.165 e. The number of rotatable bonds is 4. The predicted molar refractivity (Wildman–Crippen MR) is 118 cm³/mol. The van der Waals surface area contributed by atoms with Crippen LogP contribution in [0.15, 0.2) is 18.5 Å². The molecule has 2 saturated heterocycles. The number of anilines is 1. The Morgan fingerprint density at radius 3 is 2.56 bits per heavy atom. The number of pyridine rings is 1. The summed E-state index contributed by atoms with van der Waals surface area (Å²) in [4.78, 5) is 21.6. The van der Waals surface area contributed by atoms with Crippen LogP contribution < -0.4 is 11.1 Å². The minimum absolute atomic E-state index is 0.0325. The van der Waals surface area contributed by atoms with Gasteiger partial charge in [0, 0.05) is 35.3 Å². The molecule has 9 heteroatoms. The maximum atomic E-state index is 14.7. The summed E-state index contributed by atoms with van der Waals surface area (Å²) in [5, 5.41) is 18.1. The van der Waals surface area contributed by atoms with Crippen molar-refractivity contribution in [3.63, 3.8) is 0 Å². The average molecular weight is 439 g/mol. The molecule has 0 aliphatic carbocycles. The monoisotopic (exact) mass is 438 g/mol. The van der Waals surface area contributed by atoms with Crippen LogP contribution in [0, 0.1) is 5.82 Å². The number of hydrogen-bond donors (Lipinski definition) is 3. The molecule has 3 aromatic rings. The van der Waals surface area contributed by atoms with Gasteiger partial charge in [0.2, 0.25) is 0 Å². The molecule has 32 heavy (non-hydrogen) atoms. The number of nitrogen functional groups attached to an aromatic ring is 1. The Labute approximate surface area is 185 Å². The minimum Gasteiger partial charge on any atom is -0.384 e. The van der Waals surface area contributed by atoms with Gasteiger partial charge in [-0.15, -0.1) is 0 Å². The van der Waals surface area contributed by atoms with Gasteiger partial charge < -0.3 is 16.2 Å². The number of Topliss-reactive ketones (excluding diaryl/α,β-unsaturated/α-hetero) is 1. The number of nitrogens with two attached hydrogens (primary N) is 1. The molecule has 2 aliphatic rings. The molecule has 4 N–H and O–H groups in total. The number of piperidine rings is 1. The lowest BCUT2D eigenvalue weighted by atomic mass is 9.86. The van der Waals surface area contributed by atoms with Crippen molar-refractivity contribution in [2.45, 2.75) is 70.1 Å². The van der Waals surface area contributed by atoms with Gasteiger partial charge in [0.15, 0.2) is 11.4 Å². The lowest BCUT2D eigenvalue weighted by Crippen LogP contribution is -2.38. The van der Waals surface area contributed by atoms with Gasteiger partial charge in [-0.2, -0.15) is 9.61 Å². The molecule has 0 aromatic carbocycles. The topological polar surface area (TPSA) is 118 Å². The number of aromatic nitrogens is 4. The van der Waals surface area contributed by atoms with Crippen molar-refractivity contribution < 1.29 is 14.3 Å². The number of carbonyl (C=O) groups is 1. The van der Waals surface area contributed by atoms with E-state index in [1.54, 1.807) is 6.20 Å². The fraction of sp³-hybridized carbons (Fsp3) is 0.478. The van der Waals surface area contributed by atoms with Crippen molar-refractivity contribution in [2.24, 2.45) is 0 Å². The molecule has 3 aromatic heterocycles. The quantitative estimate of drug-likeness (QED) is 0.536. The molecular formula is C23H27FN6O2. The second kappa shape index (κ2) is 7.31. The Balaban J connectivity index is 1.66. The number of fused-ring (bicyclic) bond motifs is 3. The second-order valence-electron chi connectivity index (χ2n) is 9.53. The number of nitrogens with zero attached hydrogens (tertiary/aromatic N) is 4. The van der Waals surface area contributed by atoms with Gasteiger partial charge in [0.1, 0.15) is 22.9 Å². The van der Waals surface area contributed by atoms with Crippen molar-refractivity contribution in [3.05, 3.63) is 41.2 Å². The van der Waals surface area contributed by atoms with Gasteiger partial charge in [0.05, 0.1) is 17.5 Å². The summed E-state index contributed by atoms with van der Waals surface area (Å²) < 4.78 is 16.1. The zero-order valence-corrected chi connectivity index (χ0v) is 18.4. The Morgan fingerprint density at radius 2 is 1.97 bits per heavy atom. The molecule has 0 saturated carbocycles. The Bertz CT molecular complexity index is 1220. The number of nitrogens with one attached hydrogen (secondary N) is 1. The number of aliphatic hydroxyl groups is 1. The van der Waals surface area contributed by atoms with Gasteiger partial charge in [-0.3, -0.25) is 9.78 Å². The highest BCUT2D eigenvalue weighted by atomic mass is 19.1. The van der Waals surface area contributed by atoms with Gasteiger partial charge in [-0.05, 0) is 52.5 Å². The normalized spacial score (nSPS) is 23.1. The number of carbonyl (C=O) groups excluding carboxylic acids is 1. The molecule has 3 atom stereocenters. The highest BCUT2D eigenvalue weighted by Crippen LogP contribution is 2.40. The molecule has 2 fully saturated rings. The van der Waals surface area contributed by atoms with Gasteiger partial charge in [-0.1, -0.05) is 0 Å². The van der Waals surface area contributed by atoms with E-state index in [0.29, 0.717) is 40.1 Å². The molecule has 5 heterocycles. The minimum atomic E-state index is -1.40. The molecule has 0 spiro atoms. The van der Waals surface area contributed by atoms with E-state index in [2.05, 4.69) is 15.4 Å². The standard InChI is InChI=1S/C23H27FN6O2/c1-11(31)18-19(12-6-14-4-5-15(7-12)28-14)29-22-16(10-27-30(22)21(18)25)13-8-17(24)20(26-9-13)23(2,3)32/h8-10,12,14-15,28,32H,4-7,25H2,1-3H3/t12-,14-,15+. The number of halogens is 1. The first kappa shape index (κ1) is 21.0. The first-order valence-electron chi connectivity index (χ1n) is 11.0. The van der Waals surface area contributed by atoms with Gasteiger partial charge in [-0.25, -0.2) is 9.37 Å². The van der Waals surface area contributed by atoms with E-state index in [1.165, 1.54) is 37.5 Å². The molecule has 8 nitrogen and oxygen atoms in total. The average Bonchev–Trinajstić information content (AvgIpc) is 3.29. The smallest absolute Gasteiger partial charge is 0.165 e. The zero-order valence-electron chi connectivity index (χ0n) is 18.4. The first-order valence-corrected chi connectivity index (χ1v) is 11.0. The molecule has 2 bridgehead atoms. The van der Waals surface area contributed by atoms with Crippen molar-refractivity contribution >= 4 is 17.2 Å². The van der Waals surface area contributed by atoms with Crippen molar-refractivity contribution in [2.75, 3.05) is 5.73 Å². The van der Waals surface area contributed by atoms with Gasteiger partial charge in [0.25, 0.3) is 0 Å². The SMILES string of the molecule is CC(=O)c1c([C@@H]2C[C@H]3CC[C@@H](C2)N3)nc2c(-c3cnc(C(C)(C)O)c(F)c3)cnn2c1N. The van der Waals surface area contributed by atoms with Crippen LogP contribution in [-0.2, 0) is 5.60 Å². The fourth-order valence-corrected chi connectivity index (χ4v) is 5.21. The molecule has 0 amide bonds. The maximum absolute atomic E-state index is 14.7. The van der Waals surface area contributed by atoms with E-state index in [-0.39, 0.29) is 23.2 Å². The first-order chi connectivity index (χ1) is 15.1. The fourth-order valence-electron chi connectivity index (χ4n) is 5.21. The predicted octanol–water partition coefficient (Wildman–Crippen LogP) is 2.94. The third kappa shape index (κ3) is 3.36. The largest absolute Gasteiger partial charge is 0.384 e. The van der Waals surface area contributed by atoms with Gasteiger partial charge >= 0.3 is 0 Å². The van der Waals surface area contributed by atoms with E-state index >= 15 is 0 Å². The molecular weight excluding hydrogens is 411 g/mol. The highest BCUT2D eigenvalue weighted by molar-refractivity contribution is 6.00. The third-order valence-electron chi connectivity index (χ3n) is 6.65. The van der Waals surface area contributed by atoms with E-state index in [0.717, 1.165) is 25.7 Å². The van der Waals surface area contributed by atoms with Crippen LogP contribution in [0.4, 0.5) is 10.2 Å². The summed E-state index contributed by atoms with van der Waals surface area (Å²) in [7, 11) is 0. The summed E-state index contributed by atoms with van der Waals surface area (Å²) in [6, 6.07) is 2.17. The molecule has 0 unspecified atom stereocenters. The number of ketones is 1. The summed E-state index contributed by atoms with van der Waals surface area (Å²) in [6.45, 7) is 4.46. The van der Waals surface area contributed by atoms with Crippen LogP contribution >= 0.6 is 0 Å². The van der Waals surface area contributed by atoms with Crippen LogP contribution in [0.5, 0.6) is 0 Å². The van der Waals surface area contributed by atoms with Crippen LogP contribution in [0.3, 0.4) is 0 Å². The summed E-state index contributed by atoms with van der Waals surface area (Å²) in [5.41, 5.74) is 7.61. The summed E-state index contributed by atoms with van der Waals surface area (Å²) in [5.74, 6) is -0.388. The van der Waals surface area contributed by atoms with E-state index in [1.807, 2.05) is 0 Å². The molecule has 5 rings (SSSR count). The lowest BCUT2D eigenvalue weighted by Gasteiger charge is -2.30. The van der Waals surface area contributed by atoms with E-state index in [4.69, 9.17) is 10.7 Å². The van der Waals surface area contributed by atoms with Crippen LogP contribution in [0.2, 0.25) is 0 Å². The summed E-state index contributed by atoms with van der Waals surface area (Å²) in [6.07, 6.45) is 7.11. The zero-order chi connectivity index (χ0) is 22.8. The van der Waals surface area contributed by atoms with Crippen LogP contribution in [-0.4, -0.2) is 42.6 Å².